The minimum atomic E-state index is -0.452. The second-order valence-electron chi connectivity index (χ2n) is 5.63. The number of rotatable bonds is 3. The summed E-state index contributed by atoms with van der Waals surface area (Å²) in [6.45, 7) is 3.96. The maximum absolute atomic E-state index is 12.7. The SMILES string of the molecule is CCC1NC(=O)c2ccccc2N(CC2CCOC2)C1=O. The first-order valence-corrected chi connectivity index (χ1v) is 7.49. The molecule has 112 valence electrons. The predicted molar refractivity (Wildman–Crippen MR) is 79.3 cm³/mol. The molecule has 2 heterocycles. The fraction of sp³-hybridized carbons (Fsp3) is 0.500. The third-order valence-electron chi connectivity index (χ3n) is 4.18. The zero-order valence-corrected chi connectivity index (χ0v) is 12.2. The van der Waals surface area contributed by atoms with E-state index in [0.29, 0.717) is 36.7 Å². The highest BCUT2D eigenvalue weighted by atomic mass is 16.5. The zero-order chi connectivity index (χ0) is 14.8. The molecular weight excluding hydrogens is 268 g/mol. The van der Waals surface area contributed by atoms with Crippen molar-refractivity contribution in [2.75, 3.05) is 24.7 Å². The molecule has 0 saturated carbocycles. The van der Waals surface area contributed by atoms with Gasteiger partial charge in [0, 0.05) is 19.1 Å². The topological polar surface area (TPSA) is 58.6 Å². The average molecular weight is 288 g/mol. The van der Waals surface area contributed by atoms with E-state index in [4.69, 9.17) is 4.74 Å². The van der Waals surface area contributed by atoms with Gasteiger partial charge in [-0.1, -0.05) is 19.1 Å². The summed E-state index contributed by atoms with van der Waals surface area (Å²) >= 11 is 0. The smallest absolute Gasteiger partial charge is 0.254 e. The quantitative estimate of drug-likeness (QED) is 0.918. The van der Waals surface area contributed by atoms with Crippen molar-refractivity contribution >= 4 is 17.5 Å². The fourth-order valence-electron chi connectivity index (χ4n) is 2.96. The molecule has 21 heavy (non-hydrogen) atoms. The van der Waals surface area contributed by atoms with Crippen LogP contribution in [0.5, 0.6) is 0 Å². The number of carbonyl (C=O) groups excluding carboxylic acids is 2. The summed E-state index contributed by atoms with van der Waals surface area (Å²) in [5, 5.41) is 2.83. The number of benzene rings is 1. The molecule has 1 aromatic rings. The number of hydrogen-bond acceptors (Lipinski definition) is 3. The van der Waals surface area contributed by atoms with Gasteiger partial charge in [0.2, 0.25) is 5.91 Å². The first kappa shape index (κ1) is 14.1. The molecule has 1 saturated heterocycles. The third kappa shape index (κ3) is 2.65. The first-order valence-electron chi connectivity index (χ1n) is 7.49. The average Bonchev–Trinajstić information content (AvgIpc) is 2.99. The summed E-state index contributed by atoms with van der Waals surface area (Å²) in [6.07, 6.45) is 1.56. The van der Waals surface area contributed by atoms with E-state index in [0.717, 1.165) is 13.0 Å². The number of fused-ring (bicyclic) bond motifs is 1. The molecule has 1 fully saturated rings. The summed E-state index contributed by atoms with van der Waals surface area (Å²) in [6, 6.07) is 6.86. The molecule has 0 aromatic heterocycles. The molecule has 5 heteroatoms. The van der Waals surface area contributed by atoms with E-state index in [-0.39, 0.29) is 11.8 Å². The maximum Gasteiger partial charge on any atom is 0.254 e. The van der Waals surface area contributed by atoms with Crippen molar-refractivity contribution in [3.63, 3.8) is 0 Å². The van der Waals surface area contributed by atoms with Gasteiger partial charge in [0.05, 0.1) is 17.9 Å². The van der Waals surface area contributed by atoms with Gasteiger partial charge in [-0.05, 0) is 25.0 Å². The number of hydrogen-bond donors (Lipinski definition) is 1. The second kappa shape index (κ2) is 5.85. The number of nitrogens with one attached hydrogen (secondary N) is 1. The summed E-state index contributed by atoms with van der Waals surface area (Å²) in [7, 11) is 0. The van der Waals surface area contributed by atoms with E-state index in [9.17, 15) is 9.59 Å². The molecule has 1 N–H and O–H groups in total. The van der Waals surface area contributed by atoms with Crippen LogP contribution in [0.1, 0.15) is 30.1 Å². The lowest BCUT2D eigenvalue weighted by Gasteiger charge is -2.27. The molecule has 2 unspecified atom stereocenters. The Bertz CT molecular complexity index is 552. The minimum absolute atomic E-state index is 0.0253. The predicted octanol–water partition coefficient (Wildman–Crippen LogP) is 1.58. The fourth-order valence-corrected chi connectivity index (χ4v) is 2.96. The van der Waals surface area contributed by atoms with Crippen molar-refractivity contribution in [2.45, 2.75) is 25.8 Å². The van der Waals surface area contributed by atoms with Crippen LogP contribution in [0.2, 0.25) is 0 Å². The number of anilines is 1. The van der Waals surface area contributed by atoms with Gasteiger partial charge in [0.15, 0.2) is 0 Å². The van der Waals surface area contributed by atoms with Crippen molar-refractivity contribution in [1.29, 1.82) is 0 Å². The van der Waals surface area contributed by atoms with E-state index < -0.39 is 6.04 Å². The van der Waals surface area contributed by atoms with E-state index in [2.05, 4.69) is 5.32 Å². The summed E-state index contributed by atoms with van der Waals surface area (Å²) in [5.74, 6) is 0.145. The van der Waals surface area contributed by atoms with Crippen molar-refractivity contribution in [3.8, 4) is 0 Å². The lowest BCUT2D eigenvalue weighted by Crippen LogP contribution is -2.47. The first-order chi connectivity index (χ1) is 10.2. The second-order valence-corrected chi connectivity index (χ2v) is 5.63. The molecule has 2 aliphatic rings. The molecule has 0 bridgehead atoms. The van der Waals surface area contributed by atoms with Crippen LogP contribution < -0.4 is 10.2 Å². The van der Waals surface area contributed by atoms with Crippen LogP contribution in [-0.4, -0.2) is 37.6 Å². The Hall–Kier alpha value is -1.88. The molecule has 2 amide bonds. The van der Waals surface area contributed by atoms with Crippen LogP contribution in [0.3, 0.4) is 0 Å². The number of ether oxygens (including phenoxy) is 1. The van der Waals surface area contributed by atoms with E-state index in [1.807, 2.05) is 25.1 Å². The zero-order valence-electron chi connectivity index (χ0n) is 12.2. The molecule has 2 aliphatic heterocycles. The van der Waals surface area contributed by atoms with Crippen molar-refractivity contribution in [1.82, 2.24) is 5.32 Å². The highest BCUT2D eigenvalue weighted by molar-refractivity contribution is 6.10. The van der Waals surface area contributed by atoms with Crippen LogP contribution in [0, 0.1) is 5.92 Å². The molecule has 0 aliphatic carbocycles. The Labute approximate surface area is 124 Å². The Balaban J connectivity index is 1.97. The molecule has 0 radical (unpaired) electrons. The van der Waals surface area contributed by atoms with Crippen LogP contribution in [0.4, 0.5) is 5.69 Å². The van der Waals surface area contributed by atoms with E-state index >= 15 is 0 Å². The normalized spacial score (nSPS) is 25.5. The van der Waals surface area contributed by atoms with Gasteiger partial charge < -0.3 is 15.0 Å². The Morgan fingerprint density at radius 1 is 1.33 bits per heavy atom. The monoisotopic (exact) mass is 288 g/mol. The Morgan fingerprint density at radius 2 is 2.14 bits per heavy atom. The number of carbonyl (C=O) groups is 2. The van der Waals surface area contributed by atoms with Crippen molar-refractivity contribution in [3.05, 3.63) is 29.8 Å². The van der Waals surface area contributed by atoms with E-state index in [1.54, 1.807) is 11.0 Å². The Morgan fingerprint density at radius 3 is 2.86 bits per heavy atom. The highest BCUT2D eigenvalue weighted by Gasteiger charge is 2.34. The van der Waals surface area contributed by atoms with E-state index in [1.165, 1.54) is 0 Å². The molecule has 5 nitrogen and oxygen atoms in total. The Kier molecular flexibility index (Phi) is 3.92. The molecule has 0 spiro atoms. The van der Waals surface area contributed by atoms with Gasteiger partial charge in [-0.3, -0.25) is 9.59 Å². The van der Waals surface area contributed by atoms with Gasteiger partial charge in [-0.2, -0.15) is 0 Å². The maximum atomic E-state index is 12.7. The van der Waals surface area contributed by atoms with Crippen molar-refractivity contribution in [2.24, 2.45) is 5.92 Å². The third-order valence-corrected chi connectivity index (χ3v) is 4.18. The summed E-state index contributed by atoms with van der Waals surface area (Å²) in [5.41, 5.74) is 1.28. The molecule has 3 rings (SSSR count). The van der Waals surface area contributed by atoms with Gasteiger partial charge in [0.1, 0.15) is 6.04 Å². The lowest BCUT2D eigenvalue weighted by atomic mass is 10.1. The minimum Gasteiger partial charge on any atom is -0.381 e. The number of para-hydroxylation sites is 1. The molecular formula is C16H20N2O3. The largest absolute Gasteiger partial charge is 0.381 e. The van der Waals surface area contributed by atoms with Gasteiger partial charge >= 0.3 is 0 Å². The van der Waals surface area contributed by atoms with Gasteiger partial charge in [-0.25, -0.2) is 0 Å². The van der Waals surface area contributed by atoms with Crippen molar-refractivity contribution < 1.29 is 14.3 Å². The summed E-state index contributed by atoms with van der Waals surface area (Å²) < 4.78 is 5.41. The van der Waals surface area contributed by atoms with Crippen LogP contribution in [0.25, 0.3) is 0 Å². The number of nitrogens with zero attached hydrogens (tertiary/aromatic N) is 1. The summed E-state index contributed by atoms with van der Waals surface area (Å²) in [4.78, 5) is 26.8. The van der Waals surface area contributed by atoms with Crippen LogP contribution in [-0.2, 0) is 9.53 Å². The molecule has 1 aromatic carbocycles. The van der Waals surface area contributed by atoms with Gasteiger partial charge in [0.25, 0.3) is 5.91 Å². The van der Waals surface area contributed by atoms with Gasteiger partial charge in [-0.15, -0.1) is 0 Å². The lowest BCUT2D eigenvalue weighted by molar-refractivity contribution is -0.120. The molecule has 2 atom stereocenters. The standard InChI is InChI=1S/C16H20N2O3/c1-2-13-16(20)18(9-11-7-8-21-10-11)14-6-4-3-5-12(14)15(19)17-13/h3-6,11,13H,2,7-10H2,1H3,(H,17,19). The highest BCUT2D eigenvalue weighted by Crippen LogP contribution is 2.27. The van der Waals surface area contributed by atoms with Crippen LogP contribution >= 0.6 is 0 Å². The number of amides is 2. The van der Waals surface area contributed by atoms with Crippen LogP contribution in [0.15, 0.2) is 24.3 Å².